The van der Waals surface area contributed by atoms with Gasteiger partial charge in [-0.05, 0) is 29.7 Å². The maximum absolute atomic E-state index is 4.59. The van der Waals surface area contributed by atoms with Crippen molar-refractivity contribution in [3.8, 4) is 0 Å². The zero-order chi connectivity index (χ0) is 18.5. The van der Waals surface area contributed by atoms with E-state index in [1.165, 1.54) is 0 Å². The van der Waals surface area contributed by atoms with E-state index in [1.807, 2.05) is 42.3 Å². The Balaban J connectivity index is 1.58. The molecule has 0 aliphatic carbocycles. The van der Waals surface area contributed by atoms with Gasteiger partial charge in [0.05, 0.1) is 16.7 Å². The minimum absolute atomic E-state index is 0.716. The Labute approximate surface area is 162 Å². The number of para-hydroxylation sites is 1. The third-order valence-corrected chi connectivity index (χ3v) is 5.16. The molecule has 0 bridgehead atoms. The van der Waals surface area contributed by atoms with Crippen LogP contribution in [0.5, 0.6) is 0 Å². The van der Waals surface area contributed by atoms with Gasteiger partial charge in [-0.25, -0.2) is 15.0 Å². The van der Waals surface area contributed by atoms with E-state index in [2.05, 4.69) is 49.3 Å². The summed E-state index contributed by atoms with van der Waals surface area (Å²) >= 11 is 1.63. The number of thiazole rings is 1. The molecule has 0 saturated carbocycles. The van der Waals surface area contributed by atoms with Gasteiger partial charge < -0.3 is 4.90 Å². The average molecular weight is 376 g/mol. The summed E-state index contributed by atoms with van der Waals surface area (Å²) in [5, 5.41) is 3.24. The van der Waals surface area contributed by atoms with Gasteiger partial charge in [0.2, 0.25) is 5.95 Å². The molecule has 0 radical (unpaired) electrons. The monoisotopic (exact) mass is 375 g/mol. The van der Waals surface area contributed by atoms with E-state index < -0.39 is 0 Å². The van der Waals surface area contributed by atoms with Crippen LogP contribution in [0.4, 0.5) is 5.95 Å². The number of rotatable bonds is 7. The van der Waals surface area contributed by atoms with Crippen LogP contribution >= 0.6 is 11.3 Å². The maximum atomic E-state index is 4.59. The second kappa shape index (κ2) is 8.22. The molecule has 0 aliphatic heterocycles. The molecule has 136 valence electrons. The first kappa shape index (κ1) is 17.5. The molecule has 3 heterocycles. The van der Waals surface area contributed by atoms with E-state index in [1.54, 1.807) is 11.3 Å². The average Bonchev–Trinajstić information content (AvgIpc) is 3.25. The van der Waals surface area contributed by atoms with Gasteiger partial charge in [0.15, 0.2) is 0 Å². The highest BCUT2D eigenvalue weighted by Gasteiger charge is 2.12. The van der Waals surface area contributed by atoms with Crippen molar-refractivity contribution in [1.82, 2.24) is 19.9 Å². The van der Waals surface area contributed by atoms with Gasteiger partial charge in [-0.15, -0.1) is 11.3 Å². The summed E-state index contributed by atoms with van der Waals surface area (Å²) in [6.45, 7) is 3.63. The first-order valence-corrected chi connectivity index (χ1v) is 10.0. The number of nitrogens with zero attached hydrogens (tertiary/aromatic N) is 5. The fourth-order valence-corrected chi connectivity index (χ4v) is 3.57. The van der Waals surface area contributed by atoms with E-state index in [4.69, 9.17) is 0 Å². The lowest BCUT2D eigenvalue weighted by molar-refractivity contribution is 0.742. The van der Waals surface area contributed by atoms with Gasteiger partial charge >= 0.3 is 0 Å². The van der Waals surface area contributed by atoms with Crippen molar-refractivity contribution in [2.45, 2.75) is 26.3 Å². The quantitative estimate of drug-likeness (QED) is 0.482. The normalized spacial score (nSPS) is 11.0. The lowest BCUT2D eigenvalue weighted by Gasteiger charge is -2.22. The number of hydrogen-bond donors (Lipinski definition) is 0. The van der Waals surface area contributed by atoms with Crippen LogP contribution in [-0.4, -0.2) is 26.5 Å². The summed E-state index contributed by atoms with van der Waals surface area (Å²) in [5.41, 5.74) is 6.28. The minimum Gasteiger partial charge on any atom is -0.336 e. The van der Waals surface area contributed by atoms with Gasteiger partial charge in [0, 0.05) is 48.9 Å². The number of aromatic nitrogens is 4. The topological polar surface area (TPSA) is 54.8 Å². The van der Waals surface area contributed by atoms with E-state index in [0.717, 1.165) is 53.1 Å². The SMILES string of the molecule is CCc1cnc(N(CCc2cscn2)Cc2cnc3ccccc3c2)nc1. The van der Waals surface area contributed by atoms with Gasteiger partial charge in [-0.3, -0.25) is 4.98 Å². The van der Waals surface area contributed by atoms with E-state index in [9.17, 15) is 0 Å². The van der Waals surface area contributed by atoms with Gasteiger partial charge in [-0.2, -0.15) is 0 Å². The van der Waals surface area contributed by atoms with Crippen molar-refractivity contribution in [2.75, 3.05) is 11.4 Å². The van der Waals surface area contributed by atoms with Crippen molar-refractivity contribution in [3.63, 3.8) is 0 Å². The molecule has 27 heavy (non-hydrogen) atoms. The summed E-state index contributed by atoms with van der Waals surface area (Å²) in [7, 11) is 0. The first-order valence-electron chi connectivity index (χ1n) is 9.08. The maximum Gasteiger partial charge on any atom is 0.225 e. The Morgan fingerprint density at radius 3 is 2.56 bits per heavy atom. The predicted octanol–water partition coefficient (Wildman–Crippen LogP) is 4.29. The first-order chi connectivity index (χ1) is 13.3. The van der Waals surface area contributed by atoms with Crippen LogP contribution in [0.3, 0.4) is 0 Å². The summed E-state index contributed by atoms with van der Waals surface area (Å²) in [6.07, 6.45) is 7.57. The zero-order valence-corrected chi connectivity index (χ0v) is 16.1. The number of anilines is 1. The number of aryl methyl sites for hydroxylation is 1. The molecule has 4 rings (SSSR count). The van der Waals surface area contributed by atoms with Crippen LogP contribution in [0.2, 0.25) is 0 Å². The molecule has 0 amide bonds. The van der Waals surface area contributed by atoms with E-state index in [-0.39, 0.29) is 0 Å². The van der Waals surface area contributed by atoms with Crippen molar-refractivity contribution in [1.29, 1.82) is 0 Å². The summed E-state index contributed by atoms with van der Waals surface area (Å²) in [6, 6.07) is 10.4. The van der Waals surface area contributed by atoms with Crippen LogP contribution in [0.1, 0.15) is 23.7 Å². The lowest BCUT2D eigenvalue weighted by atomic mass is 10.1. The molecular formula is C21H21N5S. The van der Waals surface area contributed by atoms with Crippen molar-refractivity contribution in [2.24, 2.45) is 0 Å². The minimum atomic E-state index is 0.716. The molecule has 0 fully saturated rings. The number of fused-ring (bicyclic) bond motifs is 1. The van der Waals surface area contributed by atoms with E-state index >= 15 is 0 Å². The third kappa shape index (κ3) is 4.28. The third-order valence-electron chi connectivity index (χ3n) is 4.52. The van der Waals surface area contributed by atoms with Crippen LogP contribution in [0.15, 0.2) is 59.8 Å². The molecule has 0 atom stereocenters. The molecular weight excluding hydrogens is 354 g/mol. The Kier molecular flexibility index (Phi) is 5.34. The van der Waals surface area contributed by atoms with Crippen molar-refractivity contribution < 1.29 is 0 Å². The molecule has 5 nitrogen and oxygen atoms in total. The Hall–Kier alpha value is -2.86. The van der Waals surface area contributed by atoms with Gasteiger partial charge in [0.25, 0.3) is 0 Å². The molecule has 6 heteroatoms. The van der Waals surface area contributed by atoms with E-state index in [0.29, 0.717) is 6.54 Å². The zero-order valence-electron chi connectivity index (χ0n) is 15.2. The summed E-state index contributed by atoms with van der Waals surface area (Å²) in [5.74, 6) is 0.746. The molecule has 0 unspecified atom stereocenters. The number of pyridine rings is 1. The number of benzene rings is 1. The molecule has 0 aliphatic rings. The van der Waals surface area contributed by atoms with Crippen LogP contribution in [-0.2, 0) is 19.4 Å². The summed E-state index contributed by atoms with van der Waals surface area (Å²) in [4.78, 5) is 20.4. The smallest absolute Gasteiger partial charge is 0.225 e. The van der Waals surface area contributed by atoms with Gasteiger partial charge in [0.1, 0.15) is 0 Å². The Bertz CT molecular complexity index is 999. The fraction of sp³-hybridized carbons (Fsp3) is 0.238. The summed E-state index contributed by atoms with van der Waals surface area (Å²) < 4.78 is 0. The highest BCUT2D eigenvalue weighted by Crippen LogP contribution is 2.17. The fourth-order valence-electron chi connectivity index (χ4n) is 2.98. The van der Waals surface area contributed by atoms with Crippen LogP contribution in [0.25, 0.3) is 10.9 Å². The van der Waals surface area contributed by atoms with Gasteiger partial charge in [-0.1, -0.05) is 25.1 Å². The lowest BCUT2D eigenvalue weighted by Crippen LogP contribution is -2.27. The predicted molar refractivity (Wildman–Crippen MR) is 110 cm³/mol. The highest BCUT2D eigenvalue weighted by atomic mass is 32.1. The van der Waals surface area contributed by atoms with Crippen LogP contribution < -0.4 is 4.90 Å². The molecule has 0 N–H and O–H groups in total. The highest BCUT2D eigenvalue weighted by molar-refractivity contribution is 7.07. The Morgan fingerprint density at radius 2 is 1.78 bits per heavy atom. The molecule has 0 saturated heterocycles. The molecule has 1 aromatic carbocycles. The largest absolute Gasteiger partial charge is 0.336 e. The molecule has 4 aromatic rings. The number of hydrogen-bond acceptors (Lipinski definition) is 6. The Morgan fingerprint density at radius 1 is 0.963 bits per heavy atom. The molecule has 3 aromatic heterocycles. The molecule has 0 spiro atoms. The van der Waals surface area contributed by atoms with Crippen LogP contribution in [0, 0.1) is 0 Å². The second-order valence-electron chi connectivity index (χ2n) is 6.43. The standard InChI is InChI=1S/C21H21N5S/c1-2-16-10-23-21(24-11-16)26(8-7-19-14-27-15-25-19)13-17-9-18-5-3-4-6-20(18)22-12-17/h3-6,9-12,14-15H,2,7-8,13H2,1H3. The van der Waals surface area contributed by atoms with Crippen molar-refractivity contribution in [3.05, 3.63) is 76.6 Å². The second-order valence-corrected chi connectivity index (χ2v) is 7.15. The van der Waals surface area contributed by atoms with Crippen molar-refractivity contribution >= 4 is 28.2 Å².